The number of esters is 1. The van der Waals surface area contributed by atoms with Crippen LogP contribution in [0.5, 0.6) is 11.5 Å². The van der Waals surface area contributed by atoms with Gasteiger partial charge in [-0.05, 0) is 70.3 Å². The Balaban J connectivity index is 1.08. The molecule has 3 aliphatic rings. The molecule has 2 unspecified atom stereocenters. The van der Waals surface area contributed by atoms with E-state index in [0.29, 0.717) is 17.1 Å². The molecule has 2 heterocycles. The Morgan fingerprint density at radius 3 is 2.39 bits per heavy atom. The molecule has 1 saturated heterocycles. The molecule has 0 radical (unpaired) electrons. The molecule has 1 aliphatic carbocycles. The monoisotopic (exact) mass is 530 g/mol. The van der Waals surface area contributed by atoms with Crippen molar-refractivity contribution in [1.82, 2.24) is 10.2 Å². The number of hydrogen-bond acceptors (Lipinski definition) is 7. The van der Waals surface area contributed by atoms with Gasteiger partial charge in [0.15, 0.2) is 0 Å². The molecule has 212 valence electrons. The van der Waals surface area contributed by atoms with E-state index in [1.807, 2.05) is 6.07 Å². The molecule has 1 amide bonds. The van der Waals surface area contributed by atoms with Crippen LogP contribution >= 0.6 is 0 Å². The average molecular weight is 531 g/mol. The number of likely N-dealkylation sites (tertiary alicyclic amines) is 1. The van der Waals surface area contributed by atoms with Crippen molar-refractivity contribution in [2.75, 3.05) is 27.3 Å². The number of methoxy groups -OCH3 is 2. The maximum absolute atomic E-state index is 12.4. The molecule has 2 atom stereocenters. The summed E-state index contributed by atoms with van der Waals surface area (Å²) in [6.45, 7) is 2.09. The maximum atomic E-state index is 12.4. The summed E-state index contributed by atoms with van der Waals surface area (Å²) in [5.41, 5.74) is 1.42. The Bertz CT molecular complexity index is 916. The van der Waals surface area contributed by atoms with Gasteiger partial charge in [-0.25, -0.2) is 9.59 Å². The summed E-state index contributed by atoms with van der Waals surface area (Å²) in [5.74, 6) is 0.892. The second-order valence-electron chi connectivity index (χ2n) is 11.0. The third kappa shape index (κ3) is 7.78. The van der Waals surface area contributed by atoms with Crippen molar-refractivity contribution in [3.8, 4) is 11.5 Å². The van der Waals surface area contributed by atoms with E-state index in [1.165, 1.54) is 44.9 Å². The first-order chi connectivity index (χ1) is 18.6. The number of nitrogens with one attached hydrogen (secondary N) is 1. The lowest BCUT2D eigenvalue weighted by atomic mass is 9.98. The topological polar surface area (TPSA) is 86.3 Å². The highest BCUT2D eigenvalue weighted by Crippen LogP contribution is 2.41. The number of piperidine rings is 1. The lowest BCUT2D eigenvalue weighted by Crippen LogP contribution is -2.51. The van der Waals surface area contributed by atoms with Crippen LogP contribution in [0.15, 0.2) is 12.1 Å². The minimum absolute atomic E-state index is 0.114. The van der Waals surface area contributed by atoms with Crippen LogP contribution in [0.3, 0.4) is 0 Å². The van der Waals surface area contributed by atoms with E-state index >= 15 is 0 Å². The van der Waals surface area contributed by atoms with Gasteiger partial charge in [0.2, 0.25) is 0 Å². The van der Waals surface area contributed by atoms with Crippen molar-refractivity contribution in [3.05, 3.63) is 23.3 Å². The number of alkyl carbamates (subject to hydrolysis) is 1. The van der Waals surface area contributed by atoms with Crippen molar-refractivity contribution in [2.24, 2.45) is 0 Å². The Morgan fingerprint density at radius 1 is 0.947 bits per heavy atom. The van der Waals surface area contributed by atoms with Gasteiger partial charge in [-0.15, -0.1) is 0 Å². The van der Waals surface area contributed by atoms with E-state index in [9.17, 15) is 9.59 Å². The smallest absolute Gasteiger partial charge is 0.408 e. The Kier molecular flexibility index (Phi) is 11.0. The second kappa shape index (κ2) is 14.6. The summed E-state index contributed by atoms with van der Waals surface area (Å²) in [7, 11) is 3.18. The van der Waals surface area contributed by atoms with Crippen molar-refractivity contribution in [1.29, 1.82) is 0 Å². The van der Waals surface area contributed by atoms with Crippen LogP contribution in [-0.4, -0.2) is 56.5 Å². The van der Waals surface area contributed by atoms with Crippen molar-refractivity contribution >= 4 is 12.1 Å². The minimum atomic E-state index is -0.304. The number of cyclic esters (lactones) is 1. The Morgan fingerprint density at radius 2 is 1.66 bits per heavy atom. The molecule has 0 spiro atoms. The molecule has 0 aromatic heterocycles. The highest BCUT2D eigenvalue weighted by Gasteiger charge is 2.34. The van der Waals surface area contributed by atoms with Gasteiger partial charge in [-0.2, -0.15) is 0 Å². The fourth-order valence-electron chi connectivity index (χ4n) is 6.11. The number of benzene rings is 1. The molecule has 2 aliphatic heterocycles. The van der Waals surface area contributed by atoms with Gasteiger partial charge in [-0.1, -0.05) is 32.1 Å². The number of unbranched alkanes of at least 4 members (excludes halogenated alkanes) is 6. The molecule has 8 nitrogen and oxygen atoms in total. The molecular weight excluding hydrogens is 484 g/mol. The Hall–Kier alpha value is -2.48. The molecule has 2 fully saturated rings. The predicted molar refractivity (Wildman–Crippen MR) is 146 cm³/mol. The largest absolute Gasteiger partial charge is 0.497 e. The van der Waals surface area contributed by atoms with Crippen LogP contribution in [0.25, 0.3) is 0 Å². The van der Waals surface area contributed by atoms with Crippen molar-refractivity contribution in [3.63, 3.8) is 0 Å². The summed E-state index contributed by atoms with van der Waals surface area (Å²) in [5, 5.41) is 3.14. The minimum Gasteiger partial charge on any atom is -0.497 e. The molecule has 0 bridgehead atoms. The zero-order valence-corrected chi connectivity index (χ0v) is 23.3. The van der Waals surface area contributed by atoms with Crippen LogP contribution in [0.1, 0.15) is 118 Å². The quantitative estimate of drug-likeness (QED) is 0.216. The van der Waals surface area contributed by atoms with Gasteiger partial charge in [0, 0.05) is 24.7 Å². The van der Waals surface area contributed by atoms with Crippen LogP contribution in [0.2, 0.25) is 0 Å². The first kappa shape index (κ1) is 28.5. The summed E-state index contributed by atoms with van der Waals surface area (Å²) in [6, 6.07) is 3.63. The Labute approximate surface area is 227 Å². The van der Waals surface area contributed by atoms with Crippen molar-refractivity contribution < 1.29 is 28.5 Å². The molecule has 1 aromatic carbocycles. The molecule has 4 rings (SSSR count). The first-order valence-electron chi connectivity index (χ1n) is 14.8. The maximum Gasteiger partial charge on any atom is 0.408 e. The highest BCUT2D eigenvalue weighted by molar-refractivity contribution is 5.97. The number of ether oxygens (including phenoxy) is 4. The first-order valence-corrected chi connectivity index (χ1v) is 14.8. The molecule has 1 N–H and O–H groups in total. The van der Waals surface area contributed by atoms with E-state index < -0.39 is 0 Å². The van der Waals surface area contributed by atoms with Gasteiger partial charge in [-0.3, -0.25) is 4.90 Å². The van der Waals surface area contributed by atoms with Crippen LogP contribution in [0, 0.1) is 0 Å². The van der Waals surface area contributed by atoms with E-state index in [0.717, 1.165) is 70.0 Å². The zero-order valence-electron chi connectivity index (χ0n) is 23.3. The highest BCUT2D eigenvalue weighted by atomic mass is 16.6. The third-order valence-electron chi connectivity index (χ3n) is 8.25. The third-order valence-corrected chi connectivity index (χ3v) is 8.25. The molecule has 38 heavy (non-hydrogen) atoms. The fourth-order valence-corrected chi connectivity index (χ4v) is 6.11. The molecule has 8 heteroatoms. The average Bonchev–Trinajstić information content (AvgIpc) is 3.55. The number of carbonyl (C=O) groups is 2. The molecule has 1 saturated carbocycles. The van der Waals surface area contributed by atoms with Gasteiger partial charge in [0.05, 0.1) is 20.4 Å². The van der Waals surface area contributed by atoms with E-state index in [2.05, 4.69) is 10.2 Å². The predicted octanol–water partition coefficient (Wildman–Crippen LogP) is 6.52. The number of carbonyl (C=O) groups excluding carboxylic acids is 2. The van der Waals surface area contributed by atoms with E-state index in [1.54, 1.807) is 20.3 Å². The normalized spacial score (nSPS) is 21.7. The summed E-state index contributed by atoms with van der Waals surface area (Å²) in [6.07, 6.45) is 16.5. The number of rotatable bonds is 14. The van der Waals surface area contributed by atoms with Crippen LogP contribution < -0.4 is 14.8 Å². The number of fused-ring (bicyclic) bond motifs is 1. The zero-order chi connectivity index (χ0) is 26.7. The van der Waals surface area contributed by atoms with Gasteiger partial charge in [0.25, 0.3) is 0 Å². The number of amides is 1. The van der Waals surface area contributed by atoms with Gasteiger partial charge in [0.1, 0.15) is 29.3 Å². The fraction of sp³-hybridized carbons (Fsp3) is 0.733. The van der Waals surface area contributed by atoms with E-state index in [4.69, 9.17) is 18.9 Å². The molecule has 1 aromatic rings. The van der Waals surface area contributed by atoms with Crippen LogP contribution in [0.4, 0.5) is 4.79 Å². The summed E-state index contributed by atoms with van der Waals surface area (Å²) >= 11 is 0. The lowest BCUT2D eigenvalue weighted by molar-refractivity contribution is 0.0361. The lowest BCUT2D eigenvalue weighted by Gasteiger charge is -2.36. The van der Waals surface area contributed by atoms with E-state index in [-0.39, 0.29) is 30.4 Å². The second-order valence-corrected chi connectivity index (χ2v) is 11.0. The number of hydrogen-bond donors (Lipinski definition) is 1. The molecular formula is C30H46N2O6. The summed E-state index contributed by atoms with van der Waals surface area (Å²) in [4.78, 5) is 27.1. The summed E-state index contributed by atoms with van der Waals surface area (Å²) < 4.78 is 22.0. The van der Waals surface area contributed by atoms with Gasteiger partial charge < -0.3 is 24.3 Å². The standard InChI is InChI=1S/C30H46N2O6/c1-35-23-20-24-25(38-29(33)28(24)26(21-23)36-2)16-8-6-4-3-5-7-12-18-32-19-13-11-17-27(32)31-30(34)37-22-14-9-10-15-22/h20-22,25,27H,3-19H2,1-2H3,(H,31,34). The number of nitrogens with zero attached hydrogens (tertiary/aromatic N) is 1. The SMILES string of the molecule is COc1cc(OC)c2c(c1)C(CCCCCCCCCN1CCCCC1NC(=O)OC1CCCC1)OC2=O. The van der Waals surface area contributed by atoms with Crippen molar-refractivity contribution in [2.45, 2.75) is 115 Å². The van der Waals surface area contributed by atoms with Crippen LogP contribution in [-0.2, 0) is 9.47 Å². The van der Waals surface area contributed by atoms with Gasteiger partial charge >= 0.3 is 12.1 Å².